The molecule has 1 spiro atoms. The molecule has 2 aliphatic heterocycles. The summed E-state index contributed by atoms with van der Waals surface area (Å²) in [6.45, 7) is 3.03. The summed E-state index contributed by atoms with van der Waals surface area (Å²) in [6, 6.07) is 6.42. The van der Waals surface area contributed by atoms with E-state index in [1.807, 2.05) is 6.07 Å². The van der Waals surface area contributed by atoms with Gasteiger partial charge in [-0.15, -0.1) is 12.4 Å². The van der Waals surface area contributed by atoms with Crippen molar-refractivity contribution < 1.29 is 13.9 Å². The highest BCUT2D eigenvalue weighted by Gasteiger charge is 2.40. The van der Waals surface area contributed by atoms with E-state index in [4.69, 9.17) is 4.74 Å². The van der Waals surface area contributed by atoms with Crippen molar-refractivity contribution in [3.63, 3.8) is 0 Å². The molecule has 0 bridgehead atoms. The molecule has 0 aliphatic carbocycles. The zero-order valence-electron chi connectivity index (χ0n) is 11.8. The summed E-state index contributed by atoms with van der Waals surface area (Å²) in [5, 5.41) is 3.31. The molecule has 2 heterocycles. The zero-order chi connectivity index (χ0) is 14.0. The number of piperidine rings is 1. The molecule has 2 aliphatic rings. The highest BCUT2D eigenvalue weighted by atomic mass is 35.5. The van der Waals surface area contributed by atoms with E-state index in [1.165, 1.54) is 12.1 Å². The first kappa shape index (κ1) is 16.2. The Morgan fingerprint density at radius 3 is 2.81 bits per heavy atom. The molecular formula is C15H20ClFN2O2. The first-order valence-electron chi connectivity index (χ1n) is 7.04. The maximum atomic E-state index is 13.2. The third-order valence-electron chi connectivity index (χ3n) is 4.11. The van der Waals surface area contributed by atoms with Crippen molar-refractivity contribution >= 4 is 18.3 Å². The fourth-order valence-electron chi connectivity index (χ4n) is 2.97. The predicted molar refractivity (Wildman–Crippen MR) is 79.9 cm³/mol. The van der Waals surface area contributed by atoms with Crippen LogP contribution in [0.15, 0.2) is 24.3 Å². The van der Waals surface area contributed by atoms with Gasteiger partial charge in [-0.1, -0.05) is 12.1 Å². The van der Waals surface area contributed by atoms with Crippen LogP contribution in [0.1, 0.15) is 18.4 Å². The topological polar surface area (TPSA) is 41.6 Å². The molecule has 1 N–H and O–H groups in total. The fraction of sp³-hybridized carbons (Fsp3) is 0.533. The molecule has 0 unspecified atom stereocenters. The standard InChI is InChI=1S/C15H19FN2O2.ClH/c16-13-3-1-2-12(8-13)9-18-11-15(20-10-14(18)19)4-6-17-7-5-15;/h1-3,8,17H,4-7,9-11H2;1H. The molecule has 0 saturated carbocycles. The molecule has 3 rings (SSSR count). The molecule has 4 nitrogen and oxygen atoms in total. The Morgan fingerprint density at radius 1 is 1.33 bits per heavy atom. The van der Waals surface area contributed by atoms with Crippen molar-refractivity contribution in [2.75, 3.05) is 26.2 Å². The maximum absolute atomic E-state index is 13.2. The van der Waals surface area contributed by atoms with Crippen LogP contribution in [-0.2, 0) is 16.1 Å². The van der Waals surface area contributed by atoms with Crippen molar-refractivity contribution in [1.82, 2.24) is 10.2 Å². The van der Waals surface area contributed by atoms with Crippen molar-refractivity contribution in [2.45, 2.75) is 25.0 Å². The van der Waals surface area contributed by atoms with E-state index >= 15 is 0 Å². The summed E-state index contributed by atoms with van der Waals surface area (Å²) in [7, 11) is 0. The number of carbonyl (C=O) groups excluding carboxylic acids is 1. The fourth-order valence-corrected chi connectivity index (χ4v) is 2.97. The lowest BCUT2D eigenvalue weighted by atomic mass is 9.90. The molecule has 2 fully saturated rings. The minimum atomic E-state index is -0.264. The Kier molecular flexibility index (Phi) is 5.19. The van der Waals surface area contributed by atoms with Gasteiger partial charge in [-0.05, 0) is 43.6 Å². The number of nitrogens with zero attached hydrogens (tertiary/aromatic N) is 1. The van der Waals surface area contributed by atoms with Crippen molar-refractivity contribution in [3.05, 3.63) is 35.6 Å². The van der Waals surface area contributed by atoms with Gasteiger partial charge in [0, 0.05) is 6.54 Å². The summed E-state index contributed by atoms with van der Waals surface area (Å²) < 4.78 is 19.0. The number of ether oxygens (including phenoxy) is 1. The third kappa shape index (κ3) is 3.73. The monoisotopic (exact) mass is 314 g/mol. The second-order valence-corrected chi connectivity index (χ2v) is 5.60. The van der Waals surface area contributed by atoms with E-state index in [-0.39, 0.29) is 36.3 Å². The van der Waals surface area contributed by atoms with Gasteiger partial charge in [-0.3, -0.25) is 4.79 Å². The number of hydrogen-bond donors (Lipinski definition) is 1. The molecular weight excluding hydrogens is 295 g/mol. The average molecular weight is 315 g/mol. The number of rotatable bonds is 2. The predicted octanol–water partition coefficient (Wildman–Crippen LogP) is 1.73. The van der Waals surface area contributed by atoms with Crippen LogP contribution in [0.25, 0.3) is 0 Å². The van der Waals surface area contributed by atoms with Crippen LogP contribution >= 0.6 is 12.4 Å². The summed E-state index contributed by atoms with van der Waals surface area (Å²) in [6.07, 6.45) is 1.83. The largest absolute Gasteiger partial charge is 0.363 e. The van der Waals surface area contributed by atoms with Crippen LogP contribution in [0.4, 0.5) is 4.39 Å². The van der Waals surface area contributed by atoms with Crippen LogP contribution in [0.2, 0.25) is 0 Å². The van der Waals surface area contributed by atoms with Gasteiger partial charge in [0.05, 0.1) is 12.1 Å². The zero-order valence-corrected chi connectivity index (χ0v) is 12.6. The molecule has 1 aromatic rings. The van der Waals surface area contributed by atoms with Crippen LogP contribution in [0.5, 0.6) is 0 Å². The van der Waals surface area contributed by atoms with Crippen molar-refractivity contribution in [2.24, 2.45) is 0 Å². The number of halogens is 2. The van der Waals surface area contributed by atoms with Gasteiger partial charge in [0.25, 0.3) is 0 Å². The lowest BCUT2D eigenvalue weighted by molar-refractivity contribution is -0.168. The van der Waals surface area contributed by atoms with Crippen LogP contribution in [0, 0.1) is 5.82 Å². The Balaban J connectivity index is 0.00000161. The SMILES string of the molecule is Cl.O=C1COC2(CCNCC2)CN1Cc1cccc(F)c1. The number of benzene rings is 1. The highest BCUT2D eigenvalue weighted by molar-refractivity contribution is 5.85. The summed E-state index contributed by atoms with van der Waals surface area (Å²) >= 11 is 0. The molecule has 116 valence electrons. The second kappa shape index (κ2) is 6.73. The second-order valence-electron chi connectivity index (χ2n) is 5.60. The van der Waals surface area contributed by atoms with Gasteiger partial charge in [0.2, 0.25) is 5.91 Å². The minimum Gasteiger partial charge on any atom is -0.363 e. The summed E-state index contributed by atoms with van der Waals surface area (Å²) in [5.41, 5.74) is 0.608. The smallest absolute Gasteiger partial charge is 0.248 e. The normalized spacial score (nSPS) is 21.2. The van der Waals surface area contributed by atoms with E-state index in [2.05, 4.69) is 5.32 Å². The van der Waals surface area contributed by atoms with Crippen LogP contribution in [-0.4, -0.2) is 42.6 Å². The molecule has 0 atom stereocenters. The summed E-state index contributed by atoms with van der Waals surface area (Å²) in [4.78, 5) is 13.8. The Hall–Kier alpha value is -1.17. The maximum Gasteiger partial charge on any atom is 0.248 e. The quantitative estimate of drug-likeness (QED) is 0.904. The van der Waals surface area contributed by atoms with Gasteiger partial charge in [-0.25, -0.2) is 4.39 Å². The number of hydrogen-bond acceptors (Lipinski definition) is 3. The first-order valence-corrected chi connectivity index (χ1v) is 7.04. The van der Waals surface area contributed by atoms with Gasteiger partial charge >= 0.3 is 0 Å². The summed E-state index contributed by atoms with van der Waals surface area (Å²) in [5.74, 6) is -0.279. The van der Waals surface area contributed by atoms with Gasteiger partial charge in [-0.2, -0.15) is 0 Å². The minimum absolute atomic E-state index is 0. The number of carbonyl (C=O) groups is 1. The van der Waals surface area contributed by atoms with Crippen molar-refractivity contribution in [1.29, 1.82) is 0 Å². The lowest BCUT2D eigenvalue weighted by Crippen LogP contribution is -2.57. The molecule has 2 saturated heterocycles. The van der Waals surface area contributed by atoms with E-state index in [0.29, 0.717) is 13.1 Å². The third-order valence-corrected chi connectivity index (χ3v) is 4.11. The Labute approximate surface area is 130 Å². The Bertz CT molecular complexity index is 506. The number of nitrogens with one attached hydrogen (secondary N) is 1. The van der Waals surface area contributed by atoms with E-state index in [0.717, 1.165) is 31.5 Å². The van der Waals surface area contributed by atoms with E-state index in [1.54, 1.807) is 11.0 Å². The van der Waals surface area contributed by atoms with Gasteiger partial charge in [0.15, 0.2) is 0 Å². The van der Waals surface area contributed by atoms with Crippen LogP contribution < -0.4 is 5.32 Å². The molecule has 1 aromatic carbocycles. The number of morpholine rings is 1. The molecule has 6 heteroatoms. The highest BCUT2D eigenvalue weighted by Crippen LogP contribution is 2.28. The lowest BCUT2D eigenvalue weighted by Gasteiger charge is -2.44. The molecule has 1 amide bonds. The first-order chi connectivity index (χ1) is 9.67. The van der Waals surface area contributed by atoms with Gasteiger partial charge < -0.3 is 15.0 Å². The van der Waals surface area contributed by atoms with Gasteiger partial charge in [0.1, 0.15) is 12.4 Å². The van der Waals surface area contributed by atoms with Crippen molar-refractivity contribution in [3.8, 4) is 0 Å². The Morgan fingerprint density at radius 2 is 2.10 bits per heavy atom. The van der Waals surface area contributed by atoms with E-state index in [9.17, 15) is 9.18 Å². The number of amides is 1. The van der Waals surface area contributed by atoms with Crippen LogP contribution in [0.3, 0.4) is 0 Å². The van der Waals surface area contributed by atoms with E-state index < -0.39 is 0 Å². The molecule has 0 radical (unpaired) electrons. The molecule has 21 heavy (non-hydrogen) atoms. The average Bonchev–Trinajstić information content (AvgIpc) is 2.44. The molecule has 0 aromatic heterocycles.